The number of nitrogens with zero attached hydrogens (tertiary/aromatic N) is 1. The van der Waals surface area contributed by atoms with Gasteiger partial charge in [0.25, 0.3) is 0 Å². The molecule has 1 aromatic carbocycles. The second-order valence-electron chi connectivity index (χ2n) is 5.26. The van der Waals surface area contributed by atoms with Crippen molar-refractivity contribution in [1.82, 2.24) is 15.5 Å². The third-order valence-corrected chi connectivity index (χ3v) is 3.57. The van der Waals surface area contributed by atoms with Crippen LogP contribution in [-0.4, -0.2) is 47.7 Å². The van der Waals surface area contributed by atoms with Crippen LogP contribution in [0.1, 0.15) is 18.4 Å². The molecule has 1 aliphatic heterocycles. The van der Waals surface area contributed by atoms with Crippen molar-refractivity contribution in [2.24, 2.45) is 0 Å². The average molecular weight is 291 g/mol. The van der Waals surface area contributed by atoms with Gasteiger partial charge in [0, 0.05) is 25.7 Å². The Morgan fingerprint density at radius 1 is 1.19 bits per heavy atom. The normalized spacial score (nSPS) is 16.4. The van der Waals surface area contributed by atoms with Gasteiger partial charge in [-0.15, -0.1) is 0 Å². The highest BCUT2D eigenvalue weighted by molar-refractivity contribution is 5.79. The van der Waals surface area contributed by atoms with Crippen molar-refractivity contribution >= 4 is 12.0 Å². The lowest BCUT2D eigenvalue weighted by molar-refractivity contribution is -0.135. The molecule has 0 spiro atoms. The van der Waals surface area contributed by atoms with E-state index in [9.17, 15) is 9.59 Å². The Hall–Kier alpha value is -2.08. The Kier molecular flexibility index (Phi) is 5.57. The summed E-state index contributed by atoms with van der Waals surface area (Å²) < 4.78 is 0. The fourth-order valence-electron chi connectivity index (χ4n) is 2.47. The SMILES string of the molecule is O=C(O)CNC(=O)NC1CCN(Cc2ccccc2)CC1. The topological polar surface area (TPSA) is 81.7 Å². The first-order valence-electron chi connectivity index (χ1n) is 7.16. The summed E-state index contributed by atoms with van der Waals surface area (Å²) in [6, 6.07) is 10.0. The van der Waals surface area contributed by atoms with Crippen LogP contribution < -0.4 is 10.6 Å². The monoisotopic (exact) mass is 291 g/mol. The summed E-state index contributed by atoms with van der Waals surface area (Å²) in [5, 5.41) is 13.6. The van der Waals surface area contributed by atoms with Crippen molar-refractivity contribution in [2.45, 2.75) is 25.4 Å². The lowest BCUT2D eigenvalue weighted by atomic mass is 10.0. The van der Waals surface area contributed by atoms with E-state index in [-0.39, 0.29) is 12.6 Å². The van der Waals surface area contributed by atoms with E-state index in [1.807, 2.05) is 18.2 Å². The molecule has 1 heterocycles. The minimum atomic E-state index is -1.04. The van der Waals surface area contributed by atoms with Crippen LogP contribution in [0.25, 0.3) is 0 Å². The molecule has 0 unspecified atom stereocenters. The molecule has 21 heavy (non-hydrogen) atoms. The predicted molar refractivity (Wildman–Crippen MR) is 78.9 cm³/mol. The lowest BCUT2D eigenvalue weighted by Gasteiger charge is -2.32. The molecular weight excluding hydrogens is 270 g/mol. The minimum Gasteiger partial charge on any atom is -0.480 e. The van der Waals surface area contributed by atoms with E-state index in [4.69, 9.17) is 5.11 Å². The van der Waals surface area contributed by atoms with Crippen LogP contribution in [0.2, 0.25) is 0 Å². The average Bonchev–Trinajstić information content (AvgIpc) is 2.48. The van der Waals surface area contributed by atoms with E-state index in [1.165, 1.54) is 5.56 Å². The van der Waals surface area contributed by atoms with E-state index in [0.29, 0.717) is 0 Å². The molecule has 3 N–H and O–H groups in total. The van der Waals surface area contributed by atoms with Crippen LogP contribution in [0.5, 0.6) is 0 Å². The first kappa shape index (κ1) is 15.3. The number of piperidine rings is 1. The van der Waals surface area contributed by atoms with E-state index in [1.54, 1.807) is 0 Å². The van der Waals surface area contributed by atoms with Crippen molar-refractivity contribution in [3.8, 4) is 0 Å². The number of benzene rings is 1. The number of hydrogen-bond acceptors (Lipinski definition) is 3. The molecule has 0 aromatic heterocycles. The number of nitrogens with one attached hydrogen (secondary N) is 2. The summed E-state index contributed by atoms with van der Waals surface area (Å²) in [4.78, 5) is 24.2. The third-order valence-electron chi connectivity index (χ3n) is 3.57. The highest BCUT2D eigenvalue weighted by Gasteiger charge is 2.20. The van der Waals surface area contributed by atoms with Crippen LogP contribution in [0.4, 0.5) is 4.79 Å². The molecular formula is C15H21N3O3. The molecule has 0 saturated carbocycles. The van der Waals surface area contributed by atoms with E-state index >= 15 is 0 Å². The van der Waals surface area contributed by atoms with Gasteiger partial charge in [0.15, 0.2) is 0 Å². The first-order chi connectivity index (χ1) is 10.1. The van der Waals surface area contributed by atoms with Gasteiger partial charge in [0.05, 0.1) is 0 Å². The van der Waals surface area contributed by atoms with Gasteiger partial charge in [-0.05, 0) is 18.4 Å². The predicted octanol–water partition coefficient (Wildman–Crippen LogP) is 1.03. The molecule has 1 saturated heterocycles. The molecule has 2 amide bonds. The summed E-state index contributed by atoms with van der Waals surface area (Å²) in [6.45, 7) is 2.44. The van der Waals surface area contributed by atoms with Crippen LogP contribution in [-0.2, 0) is 11.3 Å². The Morgan fingerprint density at radius 2 is 1.86 bits per heavy atom. The zero-order valence-electron chi connectivity index (χ0n) is 11.9. The quantitative estimate of drug-likeness (QED) is 0.757. The zero-order chi connectivity index (χ0) is 15.1. The molecule has 0 atom stereocenters. The van der Waals surface area contributed by atoms with Gasteiger partial charge in [-0.1, -0.05) is 30.3 Å². The van der Waals surface area contributed by atoms with E-state index < -0.39 is 12.0 Å². The molecule has 1 fully saturated rings. The van der Waals surface area contributed by atoms with Gasteiger partial charge in [0.2, 0.25) is 0 Å². The summed E-state index contributed by atoms with van der Waals surface area (Å²) in [6.07, 6.45) is 1.76. The van der Waals surface area contributed by atoms with Gasteiger partial charge >= 0.3 is 12.0 Å². The fourth-order valence-corrected chi connectivity index (χ4v) is 2.47. The Bertz CT molecular complexity index is 470. The molecule has 0 radical (unpaired) electrons. The second kappa shape index (κ2) is 7.64. The highest BCUT2D eigenvalue weighted by atomic mass is 16.4. The highest BCUT2D eigenvalue weighted by Crippen LogP contribution is 2.13. The number of urea groups is 1. The largest absolute Gasteiger partial charge is 0.480 e. The smallest absolute Gasteiger partial charge is 0.323 e. The molecule has 6 heteroatoms. The van der Waals surface area contributed by atoms with E-state index in [0.717, 1.165) is 32.5 Å². The molecule has 6 nitrogen and oxygen atoms in total. The number of likely N-dealkylation sites (tertiary alicyclic amines) is 1. The Morgan fingerprint density at radius 3 is 2.48 bits per heavy atom. The summed E-state index contributed by atoms with van der Waals surface area (Å²) in [5.41, 5.74) is 1.29. The number of rotatable bonds is 5. The van der Waals surface area contributed by atoms with Crippen molar-refractivity contribution in [1.29, 1.82) is 0 Å². The standard InChI is InChI=1S/C15H21N3O3/c19-14(20)10-16-15(21)17-13-6-8-18(9-7-13)11-12-4-2-1-3-5-12/h1-5,13H,6-11H2,(H,19,20)(H2,16,17,21). The zero-order valence-corrected chi connectivity index (χ0v) is 11.9. The van der Waals surface area contributed by atoms with Gasteiger partial charge in [-0.2, -0.15) is 0 Å². The first-order valence-corrected chi connectivity index (χ1v) is 7.16. The summed E-state index contributed by atoms with van der Waals surface area (Å²) >= 11 is 0. The van der Waals surface area contributed by atoms with Crippen molar-refractivity contribution in [3.63, 3.8) is 0 Å². The Labute approximate surface area is 124 Å². The maximum atomic E-state index is 11.5. The van der Waals surface area contributed by atoms with Crippen LogP contribution in [0.15, 0.2) is 30.3 Å². The number of carbonyl (C=O) groups excluding carboxylic acids is 1. The lowest BCUT2D eigenvalue weighted by Crippen LogP contribution is -2.48. The molecule has 0 aliphatic carbocycles. The maximum absolute atomic E-state index is 11.5. The van der Waals surface area contributed by atoms with E-state index in [2.05, 4.69) is 27.7 Å². The van der Waals surface area contributed by atoms with Gasteiger partial charge < -0.3 is 15.7 Å². The van der Waals surface area contributed by atoms with Crippen LogP contribution in [0, 0.1) is 0 Å². The van der Waals surface area contributed by atoms with Crippen LogP contribution >= 0.6 is 0 Å². The number of amides is 2. The number of carbonyl (C=O) groups is 2. The minimum absolute atomic E-state index is 0.116. The molecule has 1 aliphatic rings. The van der Waals surface area contributed by atoms with Crippen molar-refractivity contribution in [3.05, 3.63) is 35.9 Å². The molecule has 0 bridgehead atoms. The number of carboxylic acid groups (broad SMARTS) is 1. The third kappa shape index (κ3) is 5.43. The summed E-state index contributed by atoms with van der Waals surface area (Å²) in [5.74, 6) is -1.04. The van der Waals surface area contributed by atoms with Crippen LogP contribution in [0.3, 0.4) is 0 Å². The summed E-state index contributed by atoms with van der Waals surface area (Å²) in [7, 11) is 0. The van der Waals surface area contributed by atoms with Gasteiger partial charge in [-0.3, -0.25) is 9.69 Å². The molecule has 2 rings (SSSR count). The van der Waals surface area contributed by atoms with Gasteiger partial charge in [-0.25, -0.2) is 4.79 Å². The Balaban J connectivity index is 1.68. The second-order valence-corrected chi connectivity index (χ2v) is 5.26. The molecule has 114 valence electrons. The number of aliphatic carboxylic acids is 1. The number of hydrogen-bond donors (Lipinski definition) is 3. The fraction of sp³-hybridized carbons (Fsp3) is 0.467. The van der Waals surface area contributed by atoms with Crippen molar-refractivity contribution in [2.75, 3.05) is 19.6 Å². The van der Waals surface area contributed by atoms with Gasteiger partial charge in [0.1, 0.15) is 6.54 Å². The van der Waals surface area contributed by atoms with Crippen molar-refractivity contribution < 1.29 is 14.7 Å². The number of carboxylic acids is 1. The maximum Gasteiger partial charge on any atom is 0.323 e. The molecule has 1 aromatic rings.